The van der Waals surface area contributed by atoms with Gasteiger partial charge in [0.15, 0.2) is 0 Å². The number of pyridine rings is 1. The molecule has 5 heteroatoms. The van der Waals surface area contributed by atoms with Gasteiger partial charge in [0.25, 0.3) is 5.91 Å². The van der Waals surface area contributed by atoms with Gasteiger partial charge in [-0.15, -0.1) is 0 Å². The van der Waals surface area contributed by atoms with Crippen LogP contribution >= 0.6 is 0 Å². The van der Waals surface area contributed by atoms with Gasteiger partial charge in [0.1, 0.15) is 5.75 Å². The maximum Gasteiger partial charge on any atom is 0.259 e. The predicted molar refractivity (Wildman–Crippen MR) is 69.4 cm³/mol. The third-order valence-electron chi connectivity index (χ3n) is 2.58. The Bertz CT molecular complexity index is 597. The number of phenolic OH excluding ortho intramolecular Hbond substituents is 1. The molecule has 0 aliphatic heterocycles. The lowest BCUT2D eigenvalue weighted by Crippen LogP contribution is -2.13. The van der Waals surface area contributed by atoms with Gasteiger partial charge >= 0.3 is 0 Å². The highest BCUT2D eigenvalue weighted by molar-refractivity contribution is 6.07. The van der Waals surface area contributed by atoms with Crippen LogP contribution in [0.1, 0.15) is 15.9 Å². The largest absolute Gasteiger partial charge is 0.507 e. The summed E-state index contributed by atoms with van der Waals surface area (Å²) in [6.07, 6.45) is 2.98. The maximum atomic E-state index is 12.0. The van der Waals surface area contributed by atoms with E-state index in [4.69, 9.17) is 5.73 Å². The average Bonchev–Trinajstić information content (AvgIpc) is 2.35. The number of nitrogens with one attached hydrogen (secondary N) is 1. The highest BCUT2D eigenvalue weighted by atomic mass is 16.3. The lowest BCUT2D eigenvalue weighted by Gasteiger charge is -2.09. The standard InChI is InChI=1S/C13H13N3O2/c1-8-3-2-4-9(12(8)17)13(18)16-11-5-6-15-7-10(11)14/h2-7,17H,14H2,1H3,(H,15,16,18). The highest BCUT2D eigenvalue weighted by Crippen LogP contribution is 2.23. The predicted octanol–water partition coefficient (Wildman–Crippen LogP) is 1.93. The average molecular weight is 243 g/mol. The van der Waals surface area contributed by atoms with Gasteiger partial charge in [-0.25, -0.2) is 0 Å². The fourth-order valence-corrected chi connectivity index (χ4v) is 1.55. The molecule has 2 rings (SSSR count). The smallest absolute Gasteiger partial charge is 0.259 e. The number of hydrogen-bond donors (Lipinski definition) is 3. The number of anilines is 2. The molecule has 5 nitrogen and oxygen atoms in total. The fourth-order valence-electron chi connectivity index (χ4n) is 1.55. The second-order valence-corrected chi connectivity index (χ2v) is 3.89. The molecule has 18 heavy (non-hydrogen) atoms. The number of aromatic hydroxyl groups is 1. The Labute approximate surface area is 104 Å². The van der Waals surface area contributed by atoms with Crippen molar-refractivity contribution in [2.45, 2.75) is 6.92 Å². The first-order valence-electron chi connectivity index (χ1n) is 5.39. The van der Waals surface area contributed by atoms with Crippen molar-refractivity contribution in [3.05, 3.63) is 47.8 Å². The molecule has 1 amide bonds. The molecule has 0 radical (unpaired) electrons. The maximum absolute atomic E-state index is 12.0. The molecule has 0 fully saturated rings. The Morgan fingerprint density at radius 2 is 2.17 bits per heavy atom. The molecule has 1 aromatic carbocycles. The third-order valence-corrected chi connectivity index (χ3v) is 2.58. The van der Waals surface area contributed by atoms with E-state index in [-0.39, 0.29) is 11.3 Å². The van der Waals surface area contributed by atoms with E-state index in [0.717, 1.165) is 0 Å². The molecule has 4 N–H and O–H groups in total. The summed E-state index contributed by atoms with van der Waals surface area (Å²) in [5.74, 6) is -0.434. The van der Waals surface area contributed by atoms with Gasteiger partial charge < -0.3 is 16.2 Å². The summed E-state index contributed by atoms with van der Waals surface area (Å²) < 4.78 is 0. The van der Waals surface area contributed by atoms with E-state index >= 15 is 0 Å². The van der Waals surface area contributed by atoms with E-state index in [9.17, 15) is 9.90 Å². The quantitative estimate of drug-likeness (QED) is 0.752. The van der Waals surface area contributed by atoms with Crippen LogP contribution in [0.15, 0.2) is 36.7 Å². The van der Waals surface area contributed by atoms with E-state index in [0.29, 0.717) is 16.9 Å². The van der Waals surface area contributed by atoms with Crippen LogP contribution in [0.3, 0.4) is 0 Å². The molecule has 0 saturated carbocycles. The van der Waals surface area contributed by atoms with Gasteiger partial charge in [-0.3, -0.25) is 9.78 Å². The molecule has 92 valence electrons. The van der Waals surface area contributed by atoms with E-state index in [2.05, 4.69) is 10.3 Å². The van der Waals surface area contributed by atoms with Crippen LogP contribution in [0.4, 0.5) is 11.4 Å². The van der Waals surface area contributed by atoms with Gasteiger partial charge in [-0.1, -0.05) is 12.1 Å². The molecule has 0 aliphatic carbocycles. The topological polar surface area (TPSA) is 88.2 Å². The number of nitrogens with zero attached hydrogens (tertiary/aromatic N) is 1. The van der Waals surface area contributed by atoms with Crippen molar-refractivity contribution in [3.63, 3.8) is 0 Å². The Hall–Kier alpha value is -2.56. The Morgan fingerprint density at radius 3 is 2.89 bits per heavy atom. The molecule has 0 unspecified atom stereocenters. The summed E-state index contributed by atoms with van der Waals surface area (Å²) in [7, 11) is 0. The van der Waals surface area contributed by atoms with Gasteiger partial charge in [0.2, 0.25) is 0 Å². The summed E-state index contributed by atoms with van der Waals surface area (Å²) in [6, 6.07) is 6.59. The van der Waals surface area contributed by atoms with Crippen molar-refractivity contribution in [1.29, 1.82) is 0 Å². The minimum atomic E-state index is -0.408. The molecule has 0 aliphatic rings. The zero-order chi connectivity index (χ0) is 13.1. The molecular weight excluding hydrogens is 230 g/mol. The first-order valence-corrected chi connectivity index (χ1v) is 5.39. The number of benzene rings is 1. The molecule has 0 bridgehead atoms. The van der Waals surface area contributed by atoms with Crippen molar-refractivity contribution in [2.24, 2.45) is 0 Å². The van der Waals surface area contributed by atoms with Crippen molar-refractivity contribution >= 4 is 17.3 Å². The molecule has 0 atom stereocenters. The number of rotatable bonds is 2. The second kappa shape index (κ2) is 4.75. The number of aryl methyl sites for hydroxylation is 1. The summed E-state index contributed by atoms with van der Waals surface area (Å²) in [5.41, 5.74) is 7.37. The van der Waals surface area contributed by atoms with Crippen LogP contribution in [0.2, 0.25) is 0 Å². The molecule has 0 saturated heterocycles. The zero-order valence-corrected chi connectivity index (χ0v) is 9.84. The normalized spacial score (nSPS) is 10.1. The lowest BCUT2D eigenvalue weighted by molar-refractivity contribution is 0.102. The molecule has 0 spiro atoms. The van der Waals surface area contributed by atoms with Crippen LogP contribution < -0.4 is 11.1 Å². The van der Waals surface area contributed by atoms with Crippen molar-refractivity contribution < 1.29 is 9.90 Å². The van der Waals surface area contributed by atoms with Crippen molar-refractivity contribution in [3.8, 4) is 5.75 Å². The molecule has 2 aromatic rings. The number of para-hydroxylation sites is 1. The van der Waals surface area contributed by atoms with Crippen LogP contribution in [-0.4, -0.2) is 16.0 Å². The fraction of sp³-hybridized carbons (Fsp3) is 0.0769. The van der Waals surface area contributed by atoms with E-state index in [1.54, 1.807) is 31.2 Å². The summed E-state index contributed by atoms with van der Waals surface area (Å²) >= 11 is 0. The van der Waals surface area contributed by atoms with Crippen LogP contribution in [0.5, 0.6) is 5.75 Å². The first kappa shape index (κ1) is 11.9. The Morgan fingerprint density at radius 1 is 1.39 bits per heavy atom. The Kier molecular flexibility index (Phi) is 3.14. The highest BCUT2D eigenvalue weighted by Gasteiger charge is 2.13. The van der Waals surface area contributed by atoms with Crippen molar-refractivity contribution in [1.82, 2.24) is 4.98 Å². The number of carbonyl (C=O) groups excluding carboxylic acids is 1. The number of phenols is 1. The van der Waals surface area contributed by atoms with Crippen molar-refractivity contribution in [2.75, 3.05) is 11.1 Å². The summed E-state index contributed by atoms with van der Waals surface area (Å²) in [4.78, 5) is 15.8. The molecule has 1 aromatic heterocycles. The monoisotopic (exact) mass is 243 g/mol. The summed E-state index contributed by atoms with van der Waals surface area (Å²) in [6.45, 7) is 1.73. The SMILES string of the molecule is Cc1cccc(C(=O)Nc2ccncc2N)c1O. The Balaban J connectivity index is 2.28. The summed E-state index contributed by atoms with van der Waals surface area (Å²) in [5, 5.41) is 12.4. The van der Waals surface area contributed by atoms with E-state index < -0.39 is 5.91 Å². The van der Waals surface area contributed by atoms with Gasteiger partial charge in [-0.2, -0.15) is 0 Å². The number of carbonyl (C=O) groups is 1. The van der Waals surface area contributed by atoms with Crippen LogP contribution in [0.25, 0.3) is 0 Å². The van der Waals surface area contributed by atoms with Crippen LogP contribution in [-0.2, 0) is 0 Å². The molecular formula is C13H13N3O2. The number of nitrogens with two attached hydrogens (primary N) is 1. The first-order chi connectivity index (χ1) is 8.59. The van der Waals surface area contributed by atoms with Gasteiger partial charge in [0, 0.05) is 6.20 Å². The number of amides is 1. The number of aromatic nitrogens is 1. The van der Waals surface area contributed by atoms with Gasteiger partial charge in [0.05, 0.1) is 23.1 Å². The second-order valence-electron chi connectivity index (χ2n) is 3.89. The van der Waals surface area contributed by atoms with E-state index in [1.807, 2.05) is 0 Å². The minimum Gasteiger partial charge on any atom is -0.507 e. The van der Waals surface area contributed by atoms with Gasteiger partial charge in [-0.05, 0) is 24.6 Å². The third kappa shape index (κ3) is 2.24. The van der Waals surface area contributed by atoms with E-state index in [1.165, 1.54) is 12.4 Å². The van der Waals surface area contributed by atoms with Crippen LogP contribution in [0, 0.1) is 6.92 Å². The minimum absolute atomic E-state index is 0.0253. The number of nitrogen functional groups attached to an aromatic ring is 1. The zero-order valence-electron chi connectivity index (χ0n) is 9.84. The lowest BCUT2D eigenvalue weighted by atomic mass is 10.1. The molecule has 1 heterocycles. The number of hydrogen-bond acceptors (Lipinski definition) is 4.